The zero-order valence-electron chi connectivity index (χ0n) is 11.2. The number of hydrogen-bond donors (Lipinski definition) is 2. The molecule has 0 radical (unpaired) electrons. The van der Waals surface area contributed by atoms with E-state index in [9.17, 15) is 4.79 Å². The van der Waals surface area contributed by atoms with Gasteiger partial charge in [-0.05, 0) is 31.7 Å². The van der Waals surface area contributed by atoms with Crippen molar-refractivity contribution >= 4 is 23.5 Å². The first-order valence-corrected chi connectivity index (χ1v) is 7.47. The summed E-state index contributed by atoms with van der Waals surface area (Å²) >= 11 is 1.81. The number of carbonyl (C=O) groups is 1. The maximum absolute atomic E-state index is 11.8. The van der Waals surface area contributed by atoms with Gasteiger partial charge in [0.15, 0.2) is 0 Å². The van der Waals surface area contributed by atoms with E-state index in [1.165, 1.54) is 0 Å². The van der Waals surface area contributed by atoms with Gasteiger partial charge in [-0.15, -0.1) is 0 Å². The molecule has 0 bridgehead atoms. The molecule has 0 aromatic carbocycles. The highest BCUT2D eigenvalue weighted by Gasteiger charge is 2.06. The molecular formula is C13H21N3OS. The van der Waals surface area contributed by atoms with Gasteiger partial charge >= 0.3 is 0 Å². The number of aromatic nitrogens is 1. The van der Waals surface area contributed by atoms with E-state index in [1.807, 2.05) is 24.8 Å². The molecule has 1 atom stereocenters. The molecule has 4 nitrogen and oxygen atoms in total. The van der Waals surface area contributed by atoms with Crippen LogP contribution in [0.25, 0.3) is 0 Å². The fourth-order valence-corrected chi connectivity index (χ4v) is 1.78. The zero-order chi connectivity index (χ0) is 13.4. The second-order valence-corrected chi connectivity index (χ2v) is 5.33. The molecule has 1 amide bonds. The number of thioether (sulfide) groups is 1. The van der Waals surface area contributed by atoms with Crippen molar-refractivity contribution in [2.24, 2.45) is 0 Å². The van der Waals surface area contributed by atoms with Gasteiger partial charge in [0.05, 0.1) is 5.56 Å². The third-order valence-corrected chi connectivity index (χ3v) is 3.66. The smallest absolute Gasteiger partial charge is 0.252 e. The molecule has 0 fully saturated rings. The summed E-state index contributed by atoms with van der Waals surface area (Å²) in [6.07, 6.45) is 4.66. The Hall–Kier alpha value is -1.23. The molecule has 100 valence electrons. The predicted octanol–water partition coefficient (Wildman–Crippen LogP) is 2.38. The van der Waals surface area contributed by atoms with Crippen LogP contribution in [-0.4, -0.2) is 35.5 Å². The Morgan fingerprint density at radius 3 is 2.83 bits per heavy atom. The number of nitrogens with one attached hydrogen (secondary N) is 2. The molecule has 1 aromatic heterocycles. The van der Waals surface area contributed by atoms with Crippen LogP contribution in [0.1, 0.15) is 30.6 Å². The molecule has 1 unspecified atom stereocenters. The van der Waals surface area contributed by atoms with Gasteiger partial charge in [0.25, 0.3) is 5.91 Å². The van der Waals surface area contributed by atoms with Crippen molar-refractivity contribution in [3.05, 3.63) is 23.9 Å². The Bertz CT molecular complexity index is 367. The van der Waals surface area contributed by atoms with Crippen LogP contribution in [-0.2, 0) is 0 Å². The number of anilines is 1. The van der Waals surface area contributed by atoms with Crippen molar-refractivity contribution in [1.82, 2.24) is 10.3 Å². The molecular weight excluding hydrogens is 246 g/mol. The summed E-state index contributed by atoms with van der Waals surface area (Å²) in [6, 6.07) is 3.61. The topological polar surface area (TPSA) is 54.0 Å². The van der Waals surface area contributed by atoms with Crippen molar-refractivity contribution in [2.45, 2.75) is 25.5 Å². The number of nitrogens with zero attached hydrogens (tertiary/aromatic N) is 1. The van der Waals surface area contributed by atoms with Crippen LogP contribution in [0.5, 0.6) is 0 Å². The molecule has 1 aromatic rings. The summed E-state index contributed by atoms with van der Waals surface area (Å²) < 4.78 is 0. The number of pyridine rings is 1. The van der Waals surface area contributed by atoms with E-state index < -0.39 is 0 Å². The lowest BCUT2D eigenvalue weighted by Gasteiger charge is -2.09. The number of amides is 1. The third kappa shape index (κ3) is 4.96. The Morgan fingerprint density at radius 1 is 1.50 bits per heavy atom. The molecule has 18 heavy (non-hydrogen) atoms. The molecule has 0 spiro atoms. The first-order chi connectivity index (χ1) is 8.67. The lowest BCUT2D eigenvalue weighted by Crippen LogP contribution is -2.26. The predicted molar refractivity (Wildman–Crippen MR) is 78.3 cm³/mol. The SMILES string of the molecule is CCNc1ccc(C(=O)NCCC(C)SC)cn1. The quantitative estimate of drug-likeness (QED) is 0.796. The van der Waals surface area contributed by atoms with E-state index in [2.05, 4.69) is 28.8 Å². The summed E-state index contributed by atoms with van der Waals surface area (Å²) in [7, 11) is 0. The minimum absolute atomic E-state index is 0.0566. The van der Waals surface area contributed by atoms with E-state index in [0.717, 1.165) is 18.8 Å². The average molecular weight is 267 g/mol. The molecule has 2 N–H and O–H groups in total. The minimum atomic E-state index is -0.0566. The van der Waals surface area contributed by atoms with E-state index in [4.69, 9.17) is 0 Å². The van der Waals surface area contributed by atoms with Crippen molar-refractivity contribution in [2.75, 3.05) is 24.7 Å². The maximum atomic E-state index is 11.8. The fourth-order valence-electron chi connectivity index (χ4n) is 1.42. The molecule has 0 aliphatic heterocycles. The minimum Gasteiger partial charge on any atom is -0.370 e. The van der Waals surface area contributed by atoms with E-state index in [-0.39, 0.29) is 5.91 Å². The van der Waals surface area contributed by atoms with Crippen molar-refractivity contribution in [1.29, 1.82) is 0 Å². The van der Waals surface area contributed by atoms with Gasteiger partial charge in [0.2, 0.25) is 0 Å². The standard InChI is InChI=1S/C13H21N3OS/c1-4-14-12-6-5-11(9-16-12)13(17)15-8-7-10(2)18-3/h5-6,9-10H,4,7-8H2,1-3H3,(H,14,16)(H,15,17). The van der Waals surface area contributed by atoms with E-state index >= 15 is 0 Å². The Balaban J connectivity index is 2.41. The highest BCUT2D eigenvalue weighted by Crippen LogP contribution is 2.08. The number of rotatable bonds is 7. The van der Waals surface area contributed by atoms with Crippen LogP contribution < -0.4 is 10.6 Å². The summed E-state index contributed by atoms with van der Waals surface area (Å²) in [5, 5.41) is 6.57. The maximum Gasteiger partial charge on any atom is 0.252 e. The molecule has 1 rings (SSSR count). The lowest BCUT2D eigenvalue weighted by atomic mass is 10.2. The Morgan fingerprint density at radius 2 is 2.28 bits per heavy atom. The van der Waals surface area contributed by atoms with Gasteiger partial charge < -0.3 is 10.6 Å². The van der Waals surface area contributed by atoms with Crippen molar-refractivity contribution in [3.8, 4) is 0 Å². The van der Waals surface area contributed by atoms with Crippen LogP contribution in [0.4, 0.5) is 5.82 Å². The largest absolute Gasteiger partial charge is 0.370 e. The summed E-state index contributed by atoms with van der Waals surface area (Å²) in [5.41, 5.74) is 0.605. The monoisotopic (exact) mass is 267 g/mol. The van der Waals surface area contributed by atoms with Gasteiger partial charge in [-0.3, -0.25) is 4.79 Å². The Labute approximate surface area is 113 Å². The molecule has 0 saturated carbocycles. The zero-order valence-corrected chi connectivity index (χ0v) is 12.0. The highest BCUT2D eigenvalue weighted by atomic mass is 32.2. The fraction of sp³-hybridized carbons (Fsp3) is 0.538. The van der Waals surface area contributed by atoms with Gasteiger partial charge in [-0.25, -0.2) is 4.98 Å². The molecule has 0 aliphatic carbocycles. The Kier molecular flexibility index (Phi) is 6.57. The lowest BCUT2D eigenvalue weighted by molar-refractivity contribution is 0.0953. The van der Waals surface area contributed by atoms with E-state index in [1.54, 1.807) is 12.3 Å². The van der Waals surface area contributed by atoms with Gasteiger partial charge in [0.1, 0.15) is 5.82 Å². The first-order valence-electron chi connectivity index (χ1n) is 6.18. The van der Waals surface area contributed by atoms with Crippen LogP contribution in [0.3, 0.4) is 0 Å². The molecule has 5 heteroatoms. The van der Waals surface area contributed by atoms with Crippen LogP contribution in [0.2, 0.25) is 0 Å². The van der Waals surface area contributed by atoms with Gasteiger partial charge in [-0.2, -0.15) is 11.8 Å². The van der Waals surface area contributed by atoms with Crippen LogP contribution >= 0.6 is 11.8 Å². The third-order valence-electron chi connectivity index (χ3n) is 2.62. The molecule has 0 aliphatic rings. The second-order valence-electron chi connectivity index (χ2n) is 4.05. The number of hydrogen-bond acceptors (Lipinski definition) is 4. The van der Waals surface area contributed by atoms with Crippen molar-refractivity contribution < 1.29 is 4.79 Å². The van der Waals surface area contributed by atoms with E-state index in [0.29, 0.717) is 17.4 Å². The van der Waals surface area contributed by atoms with Gasteiger partial charge in [-0.1, -0.05) is 6.92 Å². The normalized spacial score (nSPS) is 11.9. The second kappa shape index (κ2) is 7.97. The van der Waals surface area contributed by atoms with Crippen LogP contribution in [0.15, 0.2) is 18.3 Å². The molecule has 1 heterocycles. The van der Waals surface area contributed by atoms with Crippen LogP contribution in [0, 0.1) is 0 Å². The highest BCUT2D eigenvalue weighted by molar-refractivity contribution is 7.99. The summed E-state index contributed by atoms with van der Waals surface area (Å²) in [6.45, 7) is 5.69. The van der Waals surface area contributed by atoms with Crippen molar-refractivity contribution in [3.63, 3.8) is 0 Å². The van der Waals surface area contributed by atoms with Gasteiger partial charge in [0, 0.05) is 24.5 Å². The first kappa shape index (κ1) is 14.8. The summed E-state index contributed by atoms with van der Waals surface area (Å²) in [4.78, 5) is 16.0. The average Bonchev–Trinajstić information content (AvgIpc) is 2.39. The summed E-state index contributed by atoms with van der Waals surface area (Å²) in [5.74, 6) is 0.740. The molecule has 0 saturated heterocycles. The number of carbonyl (C=O) groups excluding carboxylic acids is 1.